The molecule has 0 atom stereocenters. The van der Waals surface area contributed by atoms with Crippen LogP contribution in [0.1, 0.15) is 25.2 Å². The van der Waals surface area contributed by atoms with Gasteiger partial charge in [-0.1, -0.05) is 48.5 Å². The second-order valence-corrected chi connectivity index (χ2v) is 9.72. The zero-order valence-corrected chi connectivity index (χ0v) is 19.0. The van der Waals surface area contributed by atoms with Crippen LogP contribution in [-0.4, -0.2) is 50.6 Å². The summed E-state index contributed by atoms with van der Waals surface area (Å²) in [5.41, 5.74) is 2.57. The van der Waals surface area contributed by atoms with Crippen molar-refractivity contribution in [2.45, 2.75) is 36.6 Å². The number of benzene rings is 1. The van der Waals surface area contributed by atoms with Crippen LogP contribution in [0.2, 0.25) is 0 Å². The maximum atomic E-state index is 12.8. The fourth-order valence-electron chi connectivity index (χ4n) is 3.07. The lowest BCUT2D eigenvalue weighted by Gasteiger charge is -2.18. The number of hydrogen-bond acceptors (Lipinski definition) is 8. The van der Waals surface area contributed by atoms with Crippen LogP contribution in [0, 0.1) is 6.92 Å². The van der Waals surface area contributed by atoms with E-state index in [9.17, 15) is 8.42 Å². The van der Waals surface area contributed by atoms with Crippen LogP contribution in [0.15, 0.2) is 57.2 Å². The quantitative estimate of drug-likeness (QED) is 0.370. The van der Waals surface area contributed by atoms with Crippen molar-refractivity contribution in [3.8, 4) is 11.5 Å². The zero-order chi connectivity index (χ0) is 22.0. The van der Waals surface area contributed by atoms with Crippen molar-refractivity contribution >= 4 is 27.4 Å². The van der Waals surface area contributed by atoms with E-state index in [1.165, 1.54) is 16.1 Å². The van der Waals surface area contributed by atoms with Gasteiger partial charge in [0.2, 0.25) is 10.0 Å². The molecule has 0 aliphatic heterocycles. The van der Waals surface area contributed by atoms with Crippen molar-refractivity contribution in [3.63, 3.8) is 0 Å². The van der Waals surface area contributed by atoms with Crippen molar-refractivity contribution in [2.75, 3.05) is 13.1 Å². The van der Waals surface area contributed by atoms with Gasteiger partial charge in [0.15, 0.2) is 16.6 Å². The van der Waals surface area contributed by atoms with Gasteiger partial charge in [0.05, 0.1) is 10.6 Å². The van der Waals surface area contributed by atoms with Crippen molar-refractivity contribution in [1.82, 2.24) is 29.0 Å². The summed E-state index contributed by atoms with van der Waals surface area (Å²) in [5, 5.41) is 12.9. The van der Waals surface area contributed by atoms with Gasteiger partial charge in [-0.15, -0.1) is 10.2 Å². The summed E-state index contributed by atoms with van der Waals surface area (Å²) in [6, 6.07) is 11.0. The van der Waals surface area contributed by atoms with Crippen LogP contribution in [-0.2, 0) is 15.8 Å². The van der Waals surface area contributed by atoms with Crippen molar-refractivity contribution in [1.29, 1.82) is 0 Å². The number of nitrogens with zero attached hydrogens (tertiary/aromatic N) is 6. The van der Waals surface area contributed by atoms with Crippen LogP contribution in [0.4, 0.5) is 0 Å². The average molecular weight is 459 g/mol. The Balaban J connectivity index is 1.55. The van der Waals surface area contributed by atoms with E-state index < -0.39 is 10.0 Å². The van der Waals surface area contributed by atoms with Crippen LogP contribution < -0.4 is 0 Å². The van der Waals surface area contributed by atoms with Crippen LogP contribution in [0.3, 0.4) is 0 Å². The Labute approximate surface area is 184 Å². The van der Waals surface area contributed by atoms with Gasteiger partial charge in [0.1, 0.15) is 0 Å². The molecule has 4 rings (SSSR count). The summed E-state index contributed by atoms with van der Waals surface area (Å²) >= 11 is 1.36. The molecule has 162 valence electrons. The molecule has 0 spiro atoms. The second-order valence-electron chi connectivity index (χ2n) is 6.84. The molecule has 1 aromatic carbocycles. The number of hydrogen-bond donors (Lipinski definition) is 0. The third-order valence-corrected chi connectivity index (χ3v) is 7.76. The molecule has 3 aromatic heterocycles. The Kier molecular flexibility index (Phi) is 6.08. The van der Waals surface area contributed by atoms with Crippen molar-refractivity contribution in [2.24, 2.45) is 0 Å². The van der Waals surface area contributed by atoms with E-state index in [-0.39, 0.29) is 4.90 Å². The van der Waals surface area contributed by atoms with E-state index in [1.807, 2.05) is 45.0 Å². The monoisotopic (exact) mass is 458 g/mol. The summed E-state index contributed by atoms with van der Waals surface area (Å²) in [5.74, 6) is 1.38. The Morgan fingerprint density at radius 1 is 1.06 bits per heavy atom. The fraction of sp³-hybridized carbons (Fsp3) is 0.300. The first kappa shape index (κ1) is 21.5. The standard InChI is InChI=1S/C20H22N6O3S2/c1-4-25(5-2)31(27,28)16-10-11-18-22-23-20(26(18)12-16)30-13-17-21-19(29-24-17)15-8-6-14(3)7-9-15/h6-12H,4-5,13H2,1-3H3. The average Bonchev–Trinajstić information content (AvgIpc) is 3.40. The molecule has 0 aliphatic carbocycles. The molecule has 0 fully saturated rings. The molecule has 9 nitrogen and oxygen atoms in total. The normalized spacial score (nSPS) is 12.1. The topological polar surface area (TPSA) is 106 Å². The highest BCUT2D eigenvalue weighted by molar-refractivity contribution is 7.98. The molecular formula is C20H22N6O3S2. The number of rotatable bonds is 8. The summed E-state index contributed by atoms with van der Waals surface area (Å²) in [6.07, 6.45) is 1.55. The Hall–Kier alpha value is -2.76. The first-order chi connectivity index (χ1) is 14.9. The first-order valence-corrected chi connectivity index (χ1v) is 12.2. The SMILES string of the molecule is CCN(CC)S(=O)(=O)c1ccc2nnc(SCc3noc(-c4ccc(C)cc4)n3)n2c1. The molecule has 0 aliphatic rings. The summed E-state index contributed by atoms with van der Waals surface area (Å²) in [6.45, 7) is 6.45. The van der Waals surface area contributed by atoms with Gasteiger partial charge in [0, 0.05) is 24.8 Å². The Morgan fingerprint density at radius 2 is 1.81 bits per heavy atom. The highest BCUT2D eigenvalue weighted by Crippen LogP contribution is 2.25. The van der Waals surface area contributed by atoms with Gasteiger partial charge in [-0.2, -0.15) is 9.29 Å². The van der Waals surface area contributed by atoms with E-state index >= 15 is 0 Å². The number of sulfonamides is 1. The lowest BCUT2D eigenvalue weighted by atomic mass is 10.1. The molecule has 11 heteroatoms. The number of aryl methyl sites for hydroxylation is 1. The smallest absolute Gasteiger partial charge is 0.257 e. The summed E-state index contributed by atoms with van der Waals surface area (Å²) in [4.78, 5) is 4.63. The molecule has 0 bridgehead atoms. The van der Waals surface area contributed by atoms with E-state index in [4.69, 9.17) is 4.52 Å². The lowest BCUT2D eigenvalue weighted by Crippen LogP contribution is -2.30. The van der Waals surface area contributed by atoms with Gasteiger partial charge in [-0.05, 0) is 31.2 Å². The second kappa shape index (κ2) is 8.77. The number of pyridine rings is 1. The van der Waals surface area contributed by atoms with Crippen LogP contribution in [0.5, 0.6) is 0 Å². The maximum absolute atomic E-state index is 12.8. The zero-order valence-electron chi connectivity index (χ0n) is 17.4. The predicted molar refractivity (Wildman–Crippen MR) is 117 cm³/mol. The van der Waals surface area contributed by atoms with Gasteiger partial charge >= 0.3 is 0 Å². The van der Waals surface area contributed by atoms with E-state index in [0.29, 0.717) is 41.4 Å². The third kappa shape index (κ3) is 4.34. The fourth-order valence-corrected chi connectivity index (χ4v) is 5.28. The van der Waals surface area contributed by atoms with E-state index in [2.05, 4.69) is 20.3 Å². The number of aromatic nitrogens is 5. The summed E-state index contributed by atoms with van der Waals surface area (Å²) < 4.78 is 34.1. The van der Waals surface area contributed by atoms with E-state index in [1.54, 1.807) is 22.7 Å². The molecule has 0 N–H and O–H groups in total. The van der Waals surface area contributed by atoms with Crippen molar-refractivity contribution < 1.29 is 12.9 Å². The minimum absolute atomic E-state index is 0.201. The molecule has 0 unspecified atom stereocenters. The molecule has 0 saturated heterocycles. The number of fused-ring (bicyclic) bond motifs is 1. The van der Waals surface area contributed by atoms with E-state index in [0.717, 1.165) is 11.1 Å². The molecular weight excluding hydrogens is 436 g/mol. The van der Waals surface area contributed by atoms with Crippen molar-refractivity contribution in [3.05, 3.63) is 54.0 Å². The van der Waals surface area contributed by atoms with Crippen LogP contribution in [0.25, 0.3) is 17.1 Å². The highest BCUT2D eigenvalue weighted by Gasteiger charge is 2.23. The van der Waals surface area contributed by atoms with Crippen LogP contribution >= 0.6 is 11.8 Å². The van der Waals surface area contributed by atoms with Gasteiger partial charge < -0.3 is 4.52 Å². The minimum Gasteiger partial charge on any atom is -0.334 e. The third-order valence-electron chi connectivity index (χ3n) is 4.78. The minimum atomic E-state index is -3.58. The predicted octanol–water partition coefficient (Wildman–Crippen LogP) is 3.41. The molecule has 0 saturated carbocycles. The Bertz CT molecular complexity index is 1290. The molecule has 31 heavy (non-hydrogen) atoms. The lowest BCUT2D eigenvalue weighted by molar-refractivity contribution is 0.425. The molecule has 3 heterocycles. The molecule has 4 aromatic rings. The largest absolute Gasteiger partial charge is 0.334 e. The number of thioether (sulfide) groups is 1. The van der Waals surface area contributed by atoms with Gasteiger partial charge in [0.25, 0.3) is 5.89 Å². The Morgan fingerprint density at radius 3 is 2.52 bits per heavy atom. The first-order valence-electron chi connectivity index (χ1n) is 9.79. The highest BCUT2D eigenvalue weighted by atomic mass is 32.2. The summed E-state index contributed by atoms with van der Waals surface area (Å²) in [7, 11) is -3.58. The van der Waals surface area contributed by atoms with Gasteiger partial charge in [-0.25, -0.2) is 8.42 Å². The maximum Gasteiger partial charge on any atom is 0.257 e. The molecule has 0 radical (unpaired) electrons. The van der Waals surface area contributed by atoms with Gasteiger partial charge in [-0.3, -0.25) is 4.40 Å². The molecule has 0 amide bonds.